The van der Waals surface area contributed by atoms with Crippen molar-refractivity contribution in [3.05, 3.63) is 155 Å². The monoisotopic (exact) mass is 753 g/mol. The largest absolute Gasteiger partial charge is 0.457 e. The van der Waals surface area contributed by atoms with Crippen LogP contribution >= 0.6 is 15.9 Å². The molecule has 5 aromatic carbocycles. The standard InChI is InChI=1S/C40H40BrN3O5S/c1-2-3-26-42-40(46)38(28-31-14-7-4-8-15-31)43(29-32-16-13-17-33(41)27-32)39(45)30-44(50(47,48)37-20-11-6-12-21-37)34-22-24-36(25-23-34)49-35-18-9-5-10-19-35/h4-25,27,38H,2-3,26,28-30H2,1H3,(H,42,46). The van der Waals surface area contributed by atoms with Crippen molar-refractivity contribution in [3.63, 3.8) is 0 Å². The minimum absolute atomic E-state index is 0.0362. The molecule has 8 nitrogen and oxygen atoms in total. The summed E-state index contributed by atoms with van der Waals surface area (Å²) in [5.74, 6) is 0.312. The predicted octanol–water partition coefficient (Wildman–Crippen LogP) is 7.99. The Morgan fingerprint density at radius 1 is 0.760 bits per heavy atom. The van der Waals surface area contributed by atoms with E-state index in [4.69, 9.17) is 4.74 Å². The van der Waals surface area contributed by atoms with Gasteiger partial charge in [0.2, 0.25) is 11.8 Å². The van der Waals surface area contributed by atoms with Crippen LogP contribution in [0.2, 0.25) is 0 Å². The molecule has 10 heteroatoms. The number of sulfonamides is 1. The number of carbonyl (C=O) groups excluding carboxylic acids is 2. The van der Waals surface area contributed by atoms with Gasteiger partial charge in [-0.3, -0.25) is 13.9 Å². The smallest absolute Gasteiger partial charge is 0.264 e. The Kier molecular flexibility index (Phi) is 12.8. The van der Waals surface area contributed by atoms with E-state index in [9.17, 15) is 18.0 Å². The zero-order valence-electron chi connectivity index (χ0n) is 27.8. The summed E-state index contributed by atoms with van der Waals surface area (Å²) in [6, 6.07) is 39.9. The minimum Gasteiger partial charge on any atom is -0.457 e. The highest BCUT2D eigenvalue weighted by molar-refractivity contribution is 9.10. The van der Waals surface area contributed by atoms with Crippen LogP contribution in [0.25, 0.3) is 0 Å². The SMILES string of the molecule is CCCCNC(=O)C(Cc1ccccc1)N(Cc1cccc(Br)c1)C(=O)CN(c1ccc(Oc2ccccc2)cc1)S(=O)(=O)c1ccccc1. The Morgan fingerprint density at radius 3 is 2.00 bits per heavy atom. The van der Waals surface area contributed by atoms with Crippen LogP contribution in [0.5, 0.6) is 11.5 Å². The first-order valence-corrected chi connectivity index (χ1v) is 18.7. The second-order valence-corrected chi connectivity index (χ2v) is 14.5. The summed E-state index contributed by atoms with van der Waals surface area (Å²) < 4.78 is 36.4. The molecule has 0 bridgehead atoms. The van der Waals surface area contributed by atoms with Gasteiger partial charge in [-0.05, 0) is 78.2 Å². The summed E-state index contributed by atoms with van der Waals surface area (Å²) in [5, 5.41) is 3.02. The van der Waals surface area contributed by atoms with Crippen molar-refractivity contribution in [2.24, 2.45) is 0 Å². The predicted molar refractivity (Wildman–Crippen MR) is 200 cm³/mol. The van der Waals surface area contributed by atoms with Crippen LogP contribution in [0.4, 0.5) is 5.69 Å². The van der Waals surface area contributed by atoms with E-state index >= 15 is 0 Å². The molecule has 1 unspecified atom stereocenters. The van der Waals surface area contributed by atoms with Crippen LogP contribution in [0.1, 0.15) is 30.9 Å². The summed E-state index contributed by atoms with van der Waals surface area (Å²) in [4.78, 5) is 30.1. The van der Waals surface area contributed by atoms with Gasteiger partial charge in [0.05, 0.1) is 10.6 Å². The number of halogens is 1. The molecule has 1 atom stereocenters. The Labute approximate surface area is 302 Å². The number of para-hydroxylation sites is 1. The van der Waals surface area contributed by atoms with Gasteiger partial charge in [-0.1, -0.05) is 108 Å². The molecule has 0 fully saturated rings. The first-order chi connectivity index (χ1) is 24.2. The van der Waals surface area contributed by atoms with Crippen molar-refractivity contribution in [1.29, 1.82) is 0 Å². The average molecular weight is 755 g/mol. The zero-order chi connectivity index (χ0) is 35.3. The summed E-state index contributed by atoms with van der Waals surface area (Å²) in [5.41, 5.74) is 1.93. The Bertz CT molecular complexity index is 1940. The van der Waals surface area contributed by atoms with Gasteiger partial charge in [0.25, 0.3) is 10.0 Å². The topological polar surface area (TPSA) is 96.0 Å². The van der Waals surface area contributed by atoms with Gasteiger partial charge in [-0.15, -0.1) is 0 Å². The molecule has 0 aromatic heterocycles. The lowest BCUT2D eigenvalue weighted by molar-refractivity contribution is -0.140. The van der Waals surface area contributed by atoms with Crippen LogP contribution in [-0.2, 0) is 32.6 Å². The van der Waals surface area contributed by atoms with Crippen molar-refractivity contribution in [1.82, 2.24) is 10.2 Å². The van der Waals surface area contributed by atoms with E-state index in [1.54, 1.807) is 42.5 Å². The lowest BCUT2D eigenvalue weighted by Crippen LogP contribution is -2.53. The Hall–Kier alpha value is -4.93. The molecule has 0 heterocycles. The van der Waals surface area contributed by atoms with Gasteiger partial charge in [-0.2, -0.15) is 0 Å². The lowest BCUT2D eigenvalue weighted by atomic mass is 10.0. The van der Waals surface area contributed by atoms with Crippen LogP contribution < -0.4 is 14.4 Å². The average Bonchev–Trinajstić information content (AvgIpc) is 3.13. The second-order valence-electron chi connectivity index (χ2n) is 11.7. The number of nitrogens with zero attached hydrogens (tertiary/aromatic N) is 2. The highest BCUT2D eigenvalue weighted by atomic mass is 79.9. The molecule has 0 aliphatic heterocycles. The maximum atomic E-state index is 14.7. The molecule has 5 rings (SSSR count). The molecular weight excluding hydrogens is 714 g/mol. The molecule has 0 saturated heterocycles. The van der Waals surface area contributed by atoms with E-state index in [1.807, 2.05) is 91.9 Å². The van der Waals surface area contributed by atoms with Gasteiger partial charge >= 0.3 is 0 Å². The third kappa shape index (κ3) is 9.83. The molecule has 0 spiro atoms. The fraction of sp³-hybridized carbons (Fsp3) is 0.200. The maximum Gasteiger partial charge on any atom is 0.264 e. The third-order valence-corrected chi connectivity index (χ3v) is 10.3. The highest BCUT2D eigenvalue weighted by Crippen LogP contribution is 2.29. The van der Waals surface area contributed by atoms with Gasteiger partial charge in [-0.25, -0.2) is 8.42 Å². The molecule has 0 aliphatic rings. The number of anilines is 1. The number of nitrogens with one attached hydrogen (secondary N) is 1. The number of amides is 2. The Balaban J connectivity index is 1.54. The first kappa shape index (κ1) is 36.4. The molecule has 0 radical (unpaired) electrons. The van der Waals surface area contributed by atoms with Gasteiger partial charge < -0.3 is 15.0 Å². The van der Waals surface area contributed by atoms with Crippen molar-refractivity contribution >= 4 is 43.5 Å². The van der Waals surface area contributed by atoms with E-state index in [2.05, 4.69) is 21.2 Å². The van der Waals surface area contributed by atoms with E-state index in [0.29, 0.717) is 18.0 Å². The van der Waals surface area contributed by atoms with Crippen molar-refractivity contribution in [3.8, 4) is 11.5 Å². The molecule has 258 valence electrons. The van der Waals surface area contributed by atoms with Crippen molar-refractivity contribution in [2.45, 2.75) is 43.7 Å². The quantitative estimate of drug-likeness (QED) is 0.103. The fourth-order valence-corrected chi connectivity index (χ4v) is 7.33. The van der Waals surface area contributed by atoms with Gasteiger partial charge in [0, 0.05) is 24.0 Å². The van der Waals surface area contributed by atoms with Crippen molar-refractivity contribution in [2.75, 3.05) is 17.4 Å². The maximum absolute atomic E-state index is 14.7. The molecule has 50 heavy (non-hydrogen) atoms. The molecule has 5 aromatic rings. The van der Waals surface area contributed by atoms with Gasteiger partial charge in [0.1, 0.15) is 24.1 Å². The number of hydrogen-bond donors (Lipinski definition) is 1. The van der Waals surface area contributed by atoms with E-state index < -0.39 is 28.5 Å². The molecular formula is C40H40BrN3O5S. The fourth-order valence-electron chi connectivity index (χ4n) is 5.45. The summed E-state index contributed by atoms with van der Waals surface area (Å²) in [6.45, 7) is 2.04. The first-order valence-electron chi connectivity index (χ1n) is 16.5. The summed E-state index contributed by atoms with van der Waals surface area (Å²) in [6.07, 6.45) is 1.93. The molecule has 2 amide bonds. The number of carbonyl (C=O) groups is 2. The second kappa shape index (κ2) is 17.6. The highest BCUT2D eigenvalue weighted by Gasteiger charge is 2.34. The van der Waals surface area contributed by atoms with Crippen LogP contribution in [0.15, 0.2) is 149 Å². The number of ether oxygens (including phenoxy) is 1. The molecule has 0 aliphatic carbocycles. The van der Waals surface area contributed by atoms with Crippen LogP contribution in [0, 0.1) is 0 Å². The normalized spacial score (nSPS) is 11.7. The third-order valence-electron chi connectivity index (χ3n) is 8.06. The number of unbranched alkanes of at least 4 members (excludes halogenated alkanes) is 1. The van der Waals surface area contributed by atoms with E-state index in [-0.39, 0.29) is 29.5 Å². The van der Waals surface area contributed by atoms with Gasteiger partial charge in [0.15, 0.2) is 0 Å². The number of hydrogen-bond acceptors (Lipinski definition) is 5. The molecule has 1 N–H and O–H groups in total. The van der Waals surface area contributed by atoms with Crippen LogP contribution in [-0.4, -0.2) is 44.3 Å². The summed E-state index contributed by atoms with van der Waals surface area (Å²) >= 11 is 3.52. The van der Waals surface area contributed by atoms with Crippen LogP contribution in [0.3, 0.4) is 0 Å². The van der Waals surface area contributed by atoms with E-state index in [0.717, 1.165) is 32.7 Å². The lowest BCUT2D eigenvalue weighted by Gasteiger charge is -2.34. The number of rotatable bonds is 16. The Morgan fingerprint density at radius 2 is 1.36 bits per heavy atom. The van der Waals surface area contributed by atoms with E-state index in [1.165, 1.54) is 17.0 Å². The van der Waals surface area contributed by atoms with Crippen molar-refractivity contribution < 1.29 is 22.7 Å². The minimum atomic E-state index is -4.22. The molecule has 0 saturated carbocycles. The summed E-state index contributed by atoms with van der Waals surface area (Å²) in [7, 11) is -4.22. The number of benzene rings is 5. The zero-order valence-corrected chi connectivity index (χ0v) is 30.2.